The van der Waals surface area contributed by atoms with Gasteiger partial charge in [-0.15, -0.1) is 0 Å². The molecule has 0 fully saturated rings. The molecule has 0 unspecified atom stereocenters. The lowest BCUT2D eigenvalue weighted by Gasteiger charge is -2.09. The summed E-state index contributed by atoms with van der Waals surface area (Å²) in [6, 6.07) is 16.6. The summed E-state index contributed by atoms with van der Waals surface area (Å²) < 4.78 is 0. The highest BCUT2D eigenvalue weighted by Crippen LogP contribution is 2.16. The molecule has 0 aliphatic carbocycles. The van der Waals surface area contributed by atoms with Crippen LogP contribution in [0.3, 0.4) is 0 Å². The minimum Gasteiger partial charge on any atom is -0.385 e. The zero-order valence-corrected chi connectivity index (χ0v) is 23.2. The predicted molar refractivity (Wildman–Crippen MR) is 158 cm³/mol. The Hall–Kier alpha value is -2.62. The topological polar surface area (TPSA) is 58.2 Å². The maximum atomic E-state index is 12.2. The Morgan fingerprint density at radius 2 is 1.03 bits per heavy atom. The average Bonchev–Trinajstić information content (AvgIpc) is 2.91. The van der Waals surface area contributed by atoms with E-state index >= 15 is 0 Å². The second-order valence-electron chi connectivity index (χ2n) is 10.3. The van der Waals surface area contributed by atoms with E-state index in [1.807, 2.05) is 30.3 Å². The van der Waals surface area contributed by atoms with Crippen molar-refractivity contribution in [1.82, 2.24) is 0 Å². The SMILES string of the molecule is CCCCCCCCCCCCCCCCCCNc1ccc(NC(=O)CC(=O)c2ccccc2)cc1. The summed E-state index contributed by atoms with van der Waals surface area (Å²) in [7, 11) is 0. The minimum atomic E-state index is -0.289. The fourth-order valence-corrected chi connectivity index (χ4v) is 4.65. The first kappa shape index (κ1) is 30.6. The first-order valence-electron chi connectivity index (χ1n) is 14.9. The van der Waals surface area contributed by atoms with E-state index < -0.39 is 0 Å². The van der Waals surface area contributed by atoms with Crippen LogP contribution < -0.4 is 10.6 Å². The summed E-state index contributed by atoms with van der Waals surface area (Å²) in [5, 5.41) is 6.27. The highest BCUT2D eigenvalue weighted by molar-refractivity contribution is 6.10. The minimum absolute atomic E-state index is 0.150. The number of benzene rings is 2. The second kappa shape index (κ2) is 20.4. The molecule has 4 nitrogen and oxygen atoms in total. The number of carbonyl (C=O) groups is 2. The first-order chi connectivity index (χ1) is 18.2. The first-order valence-corrected chi connectivity index (χ1v) is 14.9. The van der Waals surface area contributed by atoms with Crippen LogP contribution in [0.4, 0.5) is 11.4 Å². The molecule has 37 heavy (non-hydrogen) atoms. The second-order valence-corrected chi connectivity index (χ2v) is 10.3. The van der Waals surface area contributed by atoms with E-state index in [0.29, 0.717) is 11.3 Å². The monoisotopic (exact) mass is 506 g/mol. The van der Waals surface area contributed by atoms with Crippen molar-refractivity contribution >= 4 is 23.1 Å². The van der Waals surface area contributed by atoms with Crippen LogP contribution in [0.2, 0.25) is 0 Å². The molecule has 2 rings (SSSR count). The lowest BCUT2D eigenvalue weighted by Crippen LogP contribution is -2.16. The van der Waals surface area contributed by atoms with Crippen molar-refractivity contribution in [3.8, 4) is 0 Å². The average molecular weight is 507 g/mol. The van der Waals surface area contributed by atoms with Gasteiger partial charge in [-0.1, -0.05) is 134 Å². The van der Waals surface area contributed by atoms with Gasteiger partial charge < -0.3 is 10.6 Å². The molecule has 0 bridgehead atoms. The largest absolute Gasteiger partial charge is 0.385 e. The molecule has 0 aliphatic rings. The van der Waals surface area contributed by atoms with Gasteiger partial charge in [0.25, 0.3) is 0 Å². The van der Waals surface area contributed by atoms with Crippen molar-refractivity contribution < 1.29 is 9.59 Å². The molecule has 0 saturated heterocycles. The van der Waals surface area contributed by atoms with Gasteiger partial charge in [0.05, 0.1) is 6.42 Å². The quantitative estimate of drug-likeness (QED) is 0.0949. The van der Waals surface area contributed by atoms with Crippen molar-refractivity contribution in [1.29, 1.82) is 0 Å². The molecule has 0 saturated carbocycles. The molecule has 4 heteroatoms. The number of ketones is 1. The van der Waals surface area contributed by atoms with Crippen molar-refractivity contribution in [3.63, 3.8) is 0 Å². The van der Waals surface area contributed by atoms with Crippen molar-refractivity contribution in [2.45, 2.75) is 116 Å². The van der Waals surface area contributed by atoms with Gasteiger partial charge in [0.2, 0.25) is 5.91 Å². The molecule has 0 heterocycles. The third-order valence-electron chi connectivity index (χ3n) is 6.94. The zero-order chi connectivity index (χ0) is 26.4. The molecular formula is C33H50N2O2. The van der Waals surface area contributed by atoms with Crippen LogP contribution in [-0.4, -0.2) is 18.2 Å². The Labute approximate surface area is 226 Å². The van der Waals surface area contributed by atoms with E-state index in [9.17, 15) is 9.59 Å². The Bertz CT molecular complexity index is 848. The van der Waals surface area contributed by atoms with E-state index in [1.165, 1.54) is 103 Å². The van der Waals surface area contributed by atoms with Crippen LogP contribution in [0.25, 0.3) is 0 Å². The third kappa shape index (κ3) is 15.3. The highest BCUT2D eigenvalue weighted by Gasteiger charge is 2.11. The van der Waals surface area contributed by atoms with Crippen molar-refractivity contribution in [2.75, 3.05) is 17.2 Å². The normalized spacial score (nSPS) is 10.8. The maximum Gasteiger partial charge on any atom is 0.232 e. The molecule has 2 aromatic carbocycles. The van der Waals surface area contributed by atoms with Gasteiger partial charge in [0.1, 0.15) is 0 Å². The molecule has 0 aromatic heterocycles. The van der Waals surface area contributed by atoms with Crippen LogP contribution in [-0.2, 0) is 4.79 Å². The summed E-state index contributed by atoms with van der Waals surface area (Å²) >= 11 is 0. The summed E-state index contributed by atoms with van der Waals surface area (Å²) in [5.41, 5.74) is 2.32. The Kier molecular flexibility index (Phi) is 16.9. The number of nitrogens with one attached hydrogen (secondary N) is 2. The molecule has 1 amide bonds. The number of unbranched alkanes of at least 4 members (excludes halogenated alkanes) is 15. The summed E-state index contributed by atoms with van der Waals surface area (Å²) in [5.74, 6) is -0.460. The van der Waals surface area contributed by atoms with Gasteiger partial charge in [-0.2, -0.15) is 0 Å². The van der Waals surface area contributed by atoms with E-state index in [1.54, 1.807) is 24.3 Å². The highest BCUT2D eigenvalue weighted by atomic mass is 16.2. The smallest absolute Gasteiger partial charge is 0.232 e. The van der Waals surface area contributed by atoms with Crippen molar-refractivity contribution in [2.24, 2.45) is 0 Å². The summed E-state index contributed by atoms with van der Waals surface area (Å²) in [6.07, 6.45) is 22.0. The lowest BCUT2D eigenvalue weighted by molar-refractivity contribution is -0.115. The van der Waals surface area contributed by atoms with Crippen LogP contribution in [0.1, 0.15) is 126 Å². The van der Waals surface area contributed by atoms with Crippen LogP contribution in [0.5, 0.6) is 0 Å². The predicted octanol–water partition coefficient (Wildman–Crippen LogP) is 9.57. The number of amides is 1. The van der Waals surface area contributed by atoms with Gasteiger partial charge >= 0.3 is 0 Å². The Balaban J connectivity index is 1.41. The van der Waals surface area contributed by atoms with Gasteiger partial charge in [0.15, 0.2) is 5.78 Å². The number of anilines is 2. The van der Waals surface area contributed by atoms with E-state index in [2.05, 4.69) is 17.6 Å². The van der Waals surface area contributed by atoms with Gasteiger partial charge in [-0.25, -0.2) is 0 Å². The standard InChI is InChI=1S/C33H50N2O2/c1-2-3-4-5-6-7-8-9-10-11-12-13-14-15-16-20-27-34-30-23-25-31(26-24-30)35-33(37)28-32(36)29-21-18-17-19-22-29/h17-19,21-26,34H,2-16,20,27-28H2,1H3,(H,35,37). The number of Topliss-reactive ketones (excluding diaryl/α,β-unsaturated/α-hetero) is 1. The molecule has 0 radical (unpaired) electrons. The molecule has 0 aliphatic heterocycles. The maximum absolute atomic E-state index is 12.2. The van der Waals surface area contributed by atoms with Gasteiger partial charge in [-0.3, -0.25) is 9.59 Å². The van der Waals surface area contributed by atoms with Gasteiger partial charge in [0, 0.05) is 23.5 Å². The van der Waals surface area contributed by atoms with Crippen LogP contribution in [0, 0.1) is 0 Å². The fourth-order valence-electron chi connectivity index (χ4n) is 4.65. The van der Waals surface area contributed by atoms with E-state index in [-0.39, 0.29) is 18.1 Å². The lowest BCUT2D eigenvalue weighted by atomic mass is 10.0. The molecule has 2 N–H and O–H groups in total. The zero-order valence-electron chi connectivity index (χ0n) is 23.2. The Morgan fingerprint density at radius 1 is 0.568 bits per heavy atom. The molecule has 2 aromatic rings. The number of hydrogen-bond acceptors (Lipinski definition) is 3. The van der Waals surface area contributed by atoms with Crippen LogP contribution in [0.15, 0.2) is 54.6 Å². The van der Waals surface area contributed by atoms with Crippen molar-refractivity contribution in [3.05, 3.63) is 60.2 Å². The molecule has 204 valence electrons. The fraction of sp³-hybridized carbons (Fsp3) is 0.576. The van der Waals surface area contributed by atoms with Crippen LogP contribution >= 0.6 is 0 Å². The van der Waals surface area contributed by atoms with E-state index in [0.717, 1.165) is 12.2 Å². The molecule has 0 atom stereocenters. The molecular weight excluding hydrogens is 456 g/mol. The Morgan fingerprint density at radius 3 is 1.54 bits per heavy atom. The van der Waals surface area contributed by atoms with Gasteiger partial charge in [-0.05, 0) is 30.7 Å². The third-order valence-corrected chi connectivity index (χ3v) is 6.94. The van der Waals surface area contributed by atoms with E-state index in [4.69, 9.17) is 0 Å². The number of carbonyl (C=O) groups excluding carboxylic acids is 2. The summed E-state index contributed by atoms with van der Waals surface area (Å²) in [4.78, 5) is 24.3. The summed E-state index contributed by atoms with van der Waals surface area (Å²) in [6.45, 7) is 3.25. The number of hydrogen-bond donors (Lipinski definition) is 2. The number of rotatable bonds is 22. The molecule has 0 spiro atoms.